The molecule has 1 heterocycles. The molecule has 2 N–H and O–H groups in total. The molecule has 0 spiro atoms. The van der Waals surface area contributed by atoms with Crippen molar-refractivity contribution in [3.8, 4) is 5.75 Å². The smallest absolute Gasteiger partial charge is 0.120 e. The molecule has 112 valence electrons. The topological polar surface area (TPSA) is 35.5 Å². The summed E-state index contributed by atoms with van der Waals surface area (Å²) in [5, 5.41) is 14.3. The molecule has 0 radical (unpaired) electrons. The summed E-state index contributed by atoms with van der Waals surface area (Å²) < 4.78 is 0. The number of rotatable bonds is 5. The average Bonchev–Trinajstić information content (AvgIpc) is 2.43. The highest BCUT2D eigenvalue weighted by atomic mass is 35.5. The Morgan fingerprint density at radius 3 is 2.60 bits per heavy atom. The molecule has 1 atom stereocenters. The van der Waals surface area contributed by atoms with E-state index < -0.39 is 0 Å². The van der Waals surface area contributed by atoms with Gasteiger partial charge in [-0.3, -0.25) is 4.90 Å². The number of nitrogens with zero attached hydrogens (tertiary/aromatic N) is 1. The first-order valence-electron chi connectivity index (χ1n) is 7.51. The van der Waals surface area contributed by atoms with E-state index >= 15 is 0 Å². The molecular formula is C16H25ClN2O. The van der Waals surface area contributed by atoms with E-state index in [0.29, 0.717) is 16.7 Å². The molecule has 1 aromatic rings. The largest absolute Gasteiger partial charge is 0.508 e. The first-order valence-corrected chi connectivity index (χ1v) is 7.89. The Kier molecular flexibility index (Phi) is 5.70. The number of aromatic hydroxyl groups is 1. The lowest BCUT2D eigenvalue weighted by Crippen LogP contribution is -2.45. The van der Waals surface area contributed by atoms with Gasteiger partial charge in [0.05, 0.1) is 0 Å². The van der Waals surface area contributed by atoms with Crippen LogP contribution in [0.15, 0.2) is 18.2 Å². The molecule has 0 unspecified atom stereocenters. The summed E-state index contributed by atoms with van der Waals surface area (Å²) in [4.78, 5) is 2.46. The molecule has 3 nitrogen and oxygen atoms in total. The monoisotopic (exact) mass is 296 g/mol. The zero-order chi connectivity index (χ0) is 14.5. The maximum absolute atomic E-state index is 10.2. The van der Waals surface area contributed by atoms with Crippen LogP contribution in [0.3, 0.4) is 0 Å². The zero-order valence-electron chi connectivity index (χ0n) is 12.4. The lowest BCUT2D eigenvalue weighted by molar-refractivity contribution is 0.157. The number of phenols is 1. The molecule has 1 aliphatic heterocycles. The van der Waals surface area contributed by atoms with Gasteiger partial charge in [-0.1, -0.05) is 25.4 Å². The molecule has 1 fully saturated rings. The van der Waals surface area contributed by atoms with Crippen LogP contribution in [0.5, 0.6) is 5.75 Å². The second kappa shape index (κ2) is 7.30. The van der Waals surface area contributed by atoms with Gasteiger partial charge in [-0.2, -0.15) is 0 Å². The SMILES string of the molecule is CC(C)CC[C@@H](c1cc(Cl)ccc1O)N1CCNCC1. The summed E-state index contributed by atoms with van der Waals surface area (Å²) >= 11 is 6.12. The van der Waals surface area contributed by atoms with Gasteiger partial charge in [0.2, 0.25) is 0 Å². The van der Waals surface area contributed by atoms with Gasteiger partial charge in [0, 0.05) is 42.8 Å². The molecular weight excluding hydrogens is 272 g/mol. The van der Waals surface area contributed by atoms with Crippen molar-refractivity contribution in [2.75, 3.05) is 26.2 Å². The van der Waals surface area contributed by atoms with Crippen molar-refractivity contribution in [2.45, 2.75) is 32.7 Å². The van der Waals surface area contributed by atoms with Crippen LogP contribution in [-0.4, -0.2) is 36.2 Å². The summed E-state index contributed by atoms with van der Waals surface area (Å²) in [6.07, 6.45) is 2.21. The minimum Gasteiger partial charge on any atom is -0.508 e. The Labute approximate surface area is 126 Å². The van der Waals surface area contributed by atoms with Gasteiger partial charge < -0.3 is 10.4 Å². The quantitative estimate of drug-likeness (QED) is 0.874. The lowest BCUT2D eigenvalue weighted by Gasteiger charge is -2.36. The fourth-order valence-electron chi connectivity index (χ4n) is 2.81. The zero-order valence-corrected chi connectivity index (χ0v) is 13.2. The molecule has 0 bridgehead atoms. The van der Waals surface area contributed by atoms with Crippen LogP contribution in [0.4, 0.5) is 0 Å². The highest BCUT2D eigenvalue weighted by Gasteiger charge is 2.24. The minimum atomic E-state index is 0.262. The number of benzene rings is 1. The minimum absolute atomic E-state index is 0.262. The highest BCUT2D eigenvalue weighted by Crippen LogP contribution is 2.35. The van der Waals surface area contributed by atoms with Crippen molar-refractivity contribution in [3.63, 3.8) is 0 Å². The standard InChI is InChI=1S/C16H25ClN2O/c1-12(2)3-5-15(19-9-7-18-8-10-19)14-11-13(17)4-6-16(14)20/h4,6,11-12,15,18,20H,3,5,7-10H2,1-2H3/t15-/m0/s1. The molecule has 1 aliphatic rings. The molecule has 0 amide bonds. The Balaban J connectivity index is 2.21. The van der Waals surface area contributed by atoms with Crippen molar-refractivity contribution < 1.29 is 5.11 Å². The summed E-state index contributed by atoms with van der Waals surface area (Å²) in [5.41, 5.74) is 0.972. The van der Waals surface area contributed by atoms with Crippen molar-refractivity contribution in [3.05, 3.63) is 28.8 Å². The fourth-order valence-corrected chi connectivity index (χ4v) is 2.99. The first-order chi connectivity index (χ1) is 9.58. The van der Waals surface area contributed by atoms with Crippen LogP contribution in [0.25, 0.3) is 0 Å². The molecule has 0 aromatic heterocycles. The fraction of sp³-hybridized carbons (Fsp3) is 0.625. The number of halogens is 1. The first kappa shape index (κ1) is 15.6. The van der Waals surface area contributed by atoms with E-state index in [1.807, 2.05) is 6.07 Å². The summed E-state index contributed by atoms with van der Waals surface area (Å²) in [5.74, 6) is 1.03. The van der Waals surface area contributed by atoms with Gasteiger partial charge in [-0.15, -0.1) is 0 Å². The van der Waals surface area contributed by atoms with Gasteiger partial charge >= 0.3 is 0 Å². The highest BCUT2D eigenvalue weighted by molar-refractivity contribution is 6.30. The maximum Gasteiger partial charge on any atom is 0.120 e. The maximum atomic E-state index is 10.2. The van der Waals surface area contributed by atoms with Gasteiger partial charge in [0.1, 0.15) is 5.75 Å². The van der Waals surface area contributed by atoms with Crippen molar-refractivity contribution in [2.24, 2.45) is 5.92 Å². The molecule has 1 saturated heterocycles. The van der Waals surface area contributed by atoms with E-state index in [-0.39, 0.29) is 6.04 Å². The number of hydrogen-bond donors (Lipinski definition) is 2. The van der Waals surface area contributed by atoms with Gasteiger partial charge in [-0.05, 0) is 37.0 Å². The summed E-state index contributed by atoms with van der Waals surface area (Å²) in [6, 6.07) is 5.64. The van der Waals surface area contributed by atoms with Crippen molar-refractivity contribution in [1.29, 1.82) is 0 Å². The average molecular weight is 297 g/mol. The summed E-state index contributed by atoms with van der Waals surface area (Å²) in [6.45, 7) is 8.56. The van der Waals surface area contributed by atoms with Crippen molar-refractivity contribution in [1.82, 2.24) is 10.2 Å². The van der Waals surface area contributed by atoms with Crippen LogP contribution >= 0.6 is 11.6 Å². The number of nitrogens with one attached hydrogen (secondary N) is 1. The van der Waals surface area contributed by atoms with E-state index in [9.17, 15) is 5.11 Å². The lowest BCUT2D eigenvalue weighted by atomic mass is 9.95. The van der Waals surface area contributed by atoms with Gasteiger partial charge in [-0.25, -0.2) is 0 Å². The molecule has 4 heteroatoms. The van der Waals surface area contributed by atoms with Crippen LogP contribution < -0.4 is 5.32 Å². The normalized spacial score (nSPS) is 18.4. The van der Waals surface area contributed by atoms with Crippen LogP contribution in [0.1, 0.15) is 38.3 Å². The van der Waals surface area contributed by atoms with Crippen LogP contribution in [0, 0.1) is 5.92 Å². The van der Waals surface area contributed by atoms with E-state index in [0.717, 1.165) is 44.6 Å². The third-order valence-electron chi connectivity index (χ3n) is 3.96. The number of phenolic OH excluding ortho intramolecular Hbond substituents is 1. The van der Waals surface area contributed by atoms with E-state index in [1.165, 1.54) is 0 Å². The Morgan fingerprint density at radius 1 is 1.25 bits per heavy atom. The Hall–Kier alpha value is -0.770. The molecule has 2 rings (SSSR count). The molecule has 20 heavy (non-hydrogen) atoms. The van der Waals surface area contributed by atoms with Crippen molar-refractivity contribution >= 4 is 11.6 Å². The summed E-state index contributed by atoms with van der Waals surface area (Å²) in [7, 11) is 0. The Morgan fingerprint density at radius 2 is 1.95 bits per heavy atom. The number of piperazine rings is 1. The van der Waals surface area contributed by atoms with E-state index in [2.05, 4.69) is 24.1 Å². The second-order valence-electron chi connectivity index (χ2n) is 5.98. The third kappa shape index (κ3) is 4.11. The number of hydrogen-bond acceptors (Lipinski definition) is 3. The van der Waals surface area contributed by atoms with Crippen LogP contribution in [0.2, 0.25) is 5.02 Å². The predicted molar refractivity (Wildman–Crippen MR) is 84.4 cm³/mol. The molecule has 1 aromatic carbocycles. The Bertz CT molecular complexity index is 430. The molecule has 0 aliphatic carbocycles. The second-order valence-corrected chi connectivity index (χ2v) is 6.41. The molecule has 0 saturated carbocycles. The van der Waals surface area contributed by atoms with Gasteiger partial charge in [0.15, 0.2) is 0 Å². The van der Waals surface area contributed by atoms with E-state index in [4.69, 9.17) is 11.6 Å². The van der Waals surface area contributed by atoms with E-state index in [1.54, 1.807) is 12.1 Å². The van der Waals surface area contributed by atoms with Crippen LogP contribution in [-0.2, 0) is 0 Å². The third-order valence-corrected chi connectivity index (χ3v) is 4.19. The predicted octanol–water partition coefficient (Wildman–Crippen LogP) is 3.43. The van der Waals surface area contributed by atoms with Gasteiger partial charge in [0.25, 0.3) is 0 Å².